The molecule has 1 aliphatic heterocycles. The van der Waals surface area contributed by atoms with Gasteiger partial charge in [-0.1, -0.05) is 12.1 Å². The van der Waals surface area contributed by atoms with Crippen molar-refractivity contribution in [2.45, 2.75) is 25.8 Å². The largest absolute Gasteiger partial charge is 0.497 e. The van der Waals surface area contributed by atoms with Crippen LogP contribution in [0.2, 0.25) is 0 Å². The molecule has 3 N–H and O–H groups in total. The molecule has 0 spiro atoms. The Hall–Kier alpha value is -3.55. The first-order valence-electron chi connectivity index (χ1n) is 9.36. The molecule has 1 fully saturated rings. The maximum absolute atomic E-state index is 12.8. The first-order valence-corrected chi connectivity index (χ1v) is 9.36. The zero-order valence-electron chi connectivity index (χ0n) is 16.4. The Morgan fingerprint density at radius 2 is 1.62 bits per heavy atom. The zero-order valence-corrected chi connectivity index (χ0v) is 16.4. The van der Waals surface area contributed by atoms with Crippen molar-refractivity contribution < 1.29 is 19.1 Å². The summed E-state index contributed by atoms with van der Waals surface area (Å²) in [7, 11) is 1.56. The lowest BCUT2D eigenvalue weighted by Gasteiger charge is -2.24. The third-order valence-corrected chi connectivity index (χ3v) is 4.59. The minimum absolute atomic E-state index is 0.190. The molecule has 0 radical (unpaired) electrons. The summed E-state index contributed by atoms with van der Waals surface area (Å²) in [6, 6.07) is 13.0. The molecule has 3 rings (SSSR count). The lowest BCUT2D eigenvalue weighted by molar-refractivity contribution is -0.119. The second-order valence-corrected chi connectivity index (χ2v) is 6.76. The molecule has 29 heavy (non-hydrogen) atoms. The van der Waals surface area contributed by atoms with E-state index < -0.39 is 6.04 Å². The van der Waals surface area contributed by atoms with E-state index in [0.29, 0.717) is 35.8 Å². The molecule has 0 saturated carbocycles. The highest BCUT2D eigenvalue weighted by Gasteiger charge is 2.34. The van der Waals surface area contributed by atoms with Gasteiger partial charge in [-0.25, -0.2) is 4.79 Å². The number of anilines is 3. The Morgan fingerprint density at radius 3 is 2.31 bits per heavy atom. The minimum atomic E-state index is -0.565. The number of urea groups is 1. The number of likely N-dealkylation sites (tertiary alicyclic amines) is 1. The SMILES string of the molecule is COc1cccc(NC(=O)N2CCCC2C(=O)Nc2cccc(NC(C)=O)c2)c1. The van der Waals surface area contributed by atoms with Crippen molar-refractivity contribution in [1.29, 1.82) is 0 Å². The molecule has 1 unspecified atom stereocenters. The number of nitrogens with one attached hydrogen (secondary N) is 3. The maximum Gasteiger partial charge on any atom is 0.322 e. The maximum atomic E-state index is 12.8. The molecule has 8 nitrogen and oxygen atoms in total. The molecule has 1 atom stereocenters. The van der Waals surface area contributed by atoms with Crippen LogP contribution in [0, 0.1) is 0 Å². The predicted molar refractivity (Wildman–Crippen MR) is 111 cm³/mol. The van der Waals surface area contributed by atoms with Gasteiger partial charge in [0.1, 0.15) is 11.8 Å². The van der Waals surface area contributed by atoms with Crippen LogP contribution in [0.4, 0.5) is 21.9 Å². The highest BCUT2D eigenvalue weighted by atomic mass is 16.5. The zero-order chi connectivity index (χ0) is 20.8. The standard InChI is InChI=1S/C21H24N4O4/c1-14(26)22-15-6-3-7-16(12-15)23-20(27)19-10-5-11-25(19)21(28)24-17-8-4-9-18(13-17)29-2/h3-4,6-9,12-13,19H,5,10-11H2,1-2H3,(H,22,26)(H,23,27)(H,24,28). The number of rotatable bonds is 5. The molecule has 152 valence electrons. The summed E-state index contributed by atoms with van der Waals surface area (Å²) < 4.78 is 5.17. The van der Waals surface area contributed by atoms with Crippen molar-refractivity contribution in [2.75, 3.05) is 29.6 Å². The van der Waals surface area contributed by atoms with Crippen LogP contribution < -0.4 is 20.7 Å². The number of hydrogen-bond donors (Lipinski definition) is 3. The molecule has 2 aromatic carbocycles. The molecular formula is C21H24N4O4. The smallest absolute Gasteiger partial charge is 0.322 e. The molecule has 1 saturated heterocycles. The topological polar surface area (TPSA) is 99.8 Å². The second-order valence-electron chi connectivity index (χ2n) is 6.76. The Bertz CT molecular complexity index is 915. The van der Waals surface area contributed by atoms with E-state index in [1.807, 2.05) is 0 Å². The number of benzene rings is 2. The van der Waals surface area contributed by atoms with Gasteiger partial charge in [-0.05, 0) is 43.2 Å². The van der Waals surface area contributed by atoms with Gasteiger partial charge in [0.15, 0.2) is 0 Å². The minimum Gasteiger partial charge on any atom is -0.497 e. The van der Waals surface area contributed by atoms with E-state index in [9.17, 15) is 14.4 Å². The van der Waals surface area contributed by atoms with E-state index in [2.05, 4.69) is 16.0 Å². The summed E-state index contributed by atoms with van der Waals surface area (Å²) >= 11 is 0. The first kappa shape index (κ1) is 20.2. The molecule has 0 aliphatic carbocycles. The molecule has 4 amide bonds. The summed E-state index contributed by atoms with van der Waals surface area (Å²) in [6.07, 6.45) is 1.33. The highest BCUT2D eigenvalue weighted by Crippen LogP contribution is 2.23. The van der Waals surface area contributed by atoms with Gasteiger partial charge >= 0.3 is 6.03 Å². The number of hydrogen-bond acceptors (Lipinski definition) is 4. The van der Waals surface area contributed by atoms with Crippen molar-refractivity contribution >= 4 is 34.9 Å². The van der Waals surface area contributed by atoms with E-state index in [-0.39, 0.29) is 17.8 Å². The van der Waals surface area contributed by atoms with Crippen LogP contribution >= 0.6 is 0 Å². The quantitative estimate of drug-likeness (QED) is 0.722. The molecule has 0 aromatic heterocycles. The van der Waals surface area contributed by atoms with E-state index in [4.69, 9.17) is 4.74 Å². The van der Waals surface area contributed by atoms with Crippen LogP contribution in [0.15, 0.2) is 48.5 Å². The molecule has 8 heteroatoms. The summed E-state index contributed by atoms with van der Waals surface area (Å²) in [5, 5.41) is 8.33. The third kappa shape index (κ3) is 5.25. The van der Waals surface area contributed by atoms with Crippen LogP contribution in [0.5, 0.6) is 5.75 Å². The van der Waals surface area contributed by atoms with E-state index in [1.54, 1.807) is 55.6 Å². The number of carbonyl (C=O) groups is 3. The Balaban J connectivity index is 1.65. The number of ether oxygens (including phenoxy) is 1. The fourth-order valence-corrected chi connectivity index (χ4v) is 3.28. The van der Waals surface area contributed by atoms with Crippen molar-refractivity contribution in [2.24, 2.45) is 0 Å². The van der Waals surface area contributed by atoms with Crippen molar-refractivity contribution in [1.82, 2.24) is 4.90 Å². The van der Waals surface area contributed by atoms with Gasteiger partial charge in [0.2, 0.25) is 11.8 Å². The average molecular weight is 396 g/mol. The van der Waals surface area contributed by atoms with Crippen molar-refractivity contribution in [3.63, 3.8) is 0 Å². The van der Waals surface area contributed by atoms with Gasteiger partial charge in [0.05, 0.1) is 7.11 Å². The number of amides is 4. The van der Waals surface area contributed by atoms with Crippen LogP contribution in [-0.4, -0.2) is 42.4 Å². The first-order chi connectivity index (χ1) is 14.0. The summed E-state index contributed by atoms with van der Waals surface area (Å²) in [5.41, 5.74) is 1.75. The number of carbonyl (C=O) groups excluding carboxylic acids is 3. The molecular weight excluding hydrogens is 372 g/mol. The summed E-state index contributed by atoms with van der Waals surface area (Å²) in [6.45, 7) is 1.92. The van der Waals surface area contributed by atoms with E-state index >= 15 is 0 Å². The lowest BCUT2D eigenvalue weighted by atomic mass is 10.2. The van der Waals surface area contributed by atoms with Crippen LogP contribution in [-0.2, 0) is 9.59 Å². The monoisotopic (exact) mass is 396 g/mol. The van der Waals surface area contributed by atoms with Gasteiger partial charge in [-0.2, -0.15) is 0 Å². The van der Waals surface area contributed by atoms with Gasteiger partial charge in [-0.15, -0.1) is 0 Å². The fourth-order valence-electron chi connectivity index (χ4n) is 3.28. The normalized spacial score (nSPS) is 15.5. The van der Waals surface area contributed by atoms with Crippen LogP contribution in [0.3, 0.4) is 0 Å². The van der Waals surface area contributed by atoms with E-state index in [0.717, 1.165) is 6.42 Å². The molecule has 1 heterocycles. The van der Waals surface area contributed by atoms with E-state index in [1.165, 1.54) is 11.8 Å². The molecule has 1 aliphatic rings. The van der Waals surface area contributed by atoms with Gasteiger partial charge in [-0.3, -0.25) is 9.59 Å². The predicted octanol–water partition coefficient (Wildman–Crippen LogP) is 3.29. The fraction of sp³-hybridized carbons (Fsp3) is 0.286. The Kier molecular flexibility index (Phi) is 6.33. The molecule has 0 bridgehead atoms. The van der Waals surface area contributed by atoms with Crippen molar-refractivity contribution in [3.8, 4) is 5.75 Å². The Labute approximate surface area is 169 Å². The summed E-state index contributed by atoms with van der Waals surface area (Å²) in [5.74, 6) is 0.186. The highest BCUT2D eigenvalue weighted by molar-refractivity contribution is 6.00. The van der Waals surface area contributed by atoms with Crippen molar-refractivity contribution in [3.05, 3.63) is 48.5 Å². The van der Waals surface area contributed by atoms with Gasteiger partial charge < -0.3 is 25.6 Å². The summed E-state index contributed by atoms with van der Waals surface area (Å²) in [4.78, 5) is 38.2. The average Bonchev–Trinajstić information content (AvgIpc) is 3.18. The molecule has 2 aromatic rings. The Morgan fingerprint density at radius 1 is 0.966 bits per heavy atom. The number of methoxy groups -OCH3 is 1. The second kappa shape index (κ2) is 9.09. The third-order valence-electron chi connectivity index (χ3n) is 4.59. The number of nitrogens with zero attached hydrogens (tertiary/aromatic N) is 1. The van der Waals surface area contributed by atoms with Crippen LogP contribution in [0.1, 0.15) is 19.8 Å². The van der Waals surface area contributed by atoms with Crippen LogP contribution in [0.25, 0.3) is 0 Å². The van der Waals surface area contributed by atoms with Gasteiger partial charge in [0, 0.05) is 36.6 Å². The van der Waals surface area contributed by atoms with Gasteiger partial charge in [0.25, 0.3) is 0 Å². The lowest BCUT2D eigenvalue weighted by Crippen LogP contribution is -2.45.